The maximum Gasteiger partial charge on any atom is 0.327 e. The van der Waals surface area contributed by atoms with Gasteiger partial charge in [0.25, 0.3) is 0 Å². The van der Waals surface area contributed by atoms with Crippen molar-refractivity contribution in [3.8, 4) is 16.9 Å². The minimum Gasteiger partial charge on any atom is -0.491 e. The lowest BCUT2D eigenvalue weighted by molar-refractivity contribution is -0.172. The van der Waals surface area contributed by atoms with Gasteiger partial charge in [-0.1, -0.05) is 26.0 Å². The fourth-order valence-corrected chi connectivity index (χ4v) is 5.37. The Morgan fingerprint density at radius 1 is 1.16 bits per heavy atom. The number of benzene rings is 2. The van der Waals surface area contributed by atoms with E-state index in [-0.39, 0.29) is 30.3 Å². The van der Waals surface area contributed by atoms with Crippen LogP contribution in [0.2, 0.25) is 0 Å². The fourth-order valence-electron chi connectivity index (χ4n) is 4.44. The average molecular weight is 532 g/mol. The van der Waals surface area contributed by atoms with Crippen molar-refractivity contribution in [2.24, 2.45) is 0 Å². The van der Waals surface area contributed by atoms with Crippen molar-refractivity contribution in [3.05, 3.63) is 54.2 Å². The molecule has 2 aromatic heterocycles. The lowest BCUT2D eigenvalue weighted by Gasteiger charge is -2.28. The number of hydrogen-bond donors (Lipinski definition) is 2. The molecule has 2 N–H and O–H groups in total. The van der Waals surface area contributed by atoms with Gasteiger partial charge >= 0.3 is 6.05 Å². The number of nitrogens with one attached hydrogen (secondary N) is 1. The predicted molar refractivity (Wildman–Crippen MR) is 141 cm³/mol. The molecule has 0 atom stereocenters. The van der Waals surface area contributed by atoms with Gasteiger partial charge in [0.05, 0.1) is 22.8 Å². The highest BCUT2D eigenvalue weighted by molar-refractivity contribution is 7.91. The molecule has 0 fully saturated rings. The number of alkyl halides is 2. The number of hydrogen-bond acceptors (Lipinski definition) is 6. The third-order valence-corrected chi connectivity index (χ3v) is 8.19. The van der Waals surface area contributed by atoms with Crippen LogP contribution >= 0.6 is 0 Å². The van der Waals surface area contributed by atoms with E-state index in [1.165, 1.54) is 0 Å². The lowest BCUT2D eigenvalue weighted by Crippen LogP contribution is -2.45. The summed E-state index contributed by atoms with van der Waals surface area (Å²) >= 11 is 0. The maximum atomic E-state index is 13.8. The highest BCUT2D eigenvalue weighted by Gasteiger charge is 2.34. The van der Waals surface area contributed by atoms with Crippen molar-refractivity contribution in [3.63, 3.8) is 0 Å². The highest BCUT2D eigenvalue weighted by atomic mass is 32.2. The van der Waals surface area contributed by atoms with Crippen LogP contribution in [0, 0.1) is 6.92 Å². The number of rotatable bonds is 11. The van der Waals surface area contributed by atoms with Crippen LogP contribution in [-0.4, -0.2) is 66.5 Å². The maximum absolute atomic E-state index is 13.8. The summed E-state index contributed by atoms with van der Waals surface area (Å²) in [6, 6.07) is 9.28. The summed E-state index contributed by atoms with van der Waals surface area (Å²) in [5.74, 6) is 0.554. The number of halogens is 2. The average Bonchev–Trinajstić information content (AvgIpc) is 3.27. The van der Waals surface area contributed by atoms with Crippen LogP contribution < -0.4 is 4.74 Å². The second-order valence-corrected chi connectivity index (χ2v) is 11.2. The summed E-state index contributed by atoms with van der Waals surface area (Å²) in [7, 11) is -3.38. The van der Waals surface area contributed by atoms with Gasteiger partial charge in [-0.05, 0) is 60.4 Å². The second-order valence-electron chi connectivity index (χ2n) is 8.93. The van der Waals surface area contributed by atoms with Crippen LogP contribution in [0.5, 0.6) is 5.75 Å². The van der Waals surface area contributed by atoms with Gasteiger partial charge in [0, 0.05) is 30.1 Å². The van der Waals surface area contributed by atoms with Crippen LogP contribution in [0.3, 0.4) is 0 Å². The Morgan fingerprint density at radius 2 is 1.95 bits per heavy atom. The van der Waals surface area contributed by atoms with E-state index in [4.69, 9.17) is 9.84 Å². The standard InChI is InChI=1S/C27H31F2N3O4S/c1-4-32(27(28,29)17-33)12-7-13-36-23-11-10-21(19-8-6-9-20(15-19)37(34,35)5-2)24-22-14-18(3)16-30-26(22)31-25(23)24/h6,8-11,14-16,33H,4-5,7,12-13,17H2,1-3H3,(H,30,31). The normalized spacial score (nSPS) is 12.6. The molecular weight excluding hydrogens is 500 g/mol. The van der Waals surface area contributed by atoms with Crippen molar-refractivity contribution in [1.82, 2.24) is 14.9 Å². The third-order valence-electron chi connectivity index (χ3n) is 6.45. The molecule has 0 aliphatic carbocycles. The molecule has 37 heavy (non-hydrogen) atoms. The number of H-pyrrole nitrogens is 1. The van der Waals surface area contributed by atoms with E-state index in [2.05, 4.69) is 9.97 Å². The first kappa shape index (κ1) is 27.0. The number of aryl methyl sites for hydroxylation is 1. The van der Waals surface area contributed by atoms with Crippen molar-refractivity contribution >= 4 is 31.8 Å². The van der Waals surface area contributed by atoms with Crippen LogP contribution in [0.1, 0.15) is 25.8 Å². The van der Waals surface area contributed by atoms with Gasteiger partial charge in [-0.25, -0.2) is 18.3 Å². The first-order valence-electron chi connectivity index (χ1n) is 12.2. The summed E-state index contributed by atoms with van der Waals surface area (Å²) in [5.41, 5.74) is 3.90. The van der Waals surface area contributed by atoms with Gasteiger partial charge in [0.15, 0.2) is 9.84 Å². The van der Waals surface area contributed by atoms with Crippen LogP contribution in [-0.2, 0) is 9.84 Å². The molecule has 0 amide bonds. The number of sulfone groups is 1. The topological polar surface area (TPSA) is 95.5 Å². The number of nitrogens with zero attached hydrogens (tertiary/aromatic N) is 2. The molecule has 0 radical (unpaired) electrons. The van der Waals surface area contributed by atoms with Crippen molar-refractivity contribution < 1.29 is 27.0 Å². The minimum absolute atomic E-state index is 0.00847. The molecule has 4 aromatic rings. The van der Waals surface area contributed by atoms with Crippen molar-refractivity contribution in [1.29, 1.82) is 0 Å². The van der Waals surface area contributed by atoms with Crippen molar-refractivity contribution in [2.45, 2.75) is 38.1 Å². The minimum atomic E-state index is -3.38. The zero-order valence-corrected chi connectivity index (χ0v) is 21.9. The van der Waals surface area contributed by atoms with Gasteiger partial charge in [-0.2, -0.15) is 8.78 Å². The Hall–Kier alpha value is -3.08. The van der Waals surface area contributed by atoms with E-state index >= 15 is 0 Å². The Labute approximate surface area is 215 Å². The van der Waals surface area contributed by atoms with Crippen LogP contribution in [0.4, 0.5) is 8.78 Å². The summed E-state index contributed by atoms with van der Waals surface area (Å²) in [5, 5.41) is 10.7. The third kappa shape index (κ3) is 5.46. The number of pyridine rings is 1. The Bertz CT molecular complexity index is 1520. The van der Waals surface area contributed by atoms with Gasteiger partial charge in [0.2, 0.25) is 0 Å². The lowest BCUT2D eigenvalue weighted by atomic mass is 9.99. The summed E-state index contributed by atoms with van der Waals surface area (Å²) < 4.78 is 58.7. The predicted octanol–water partition coefficient (Wildman–Crippen LogP) is 5.16. The number of aromatic nitrogens is 2. The van der Waals surface area contributed by atoms with Gasteiger partial charge in [-0.3, -0.25) is 0 Å². The van der Waals surface area contributed by atoms with E-state index < -0.39 is 22.5 Å². The molecule has 2 heterocycles. The molecule has 0 saturated heterocycles. The number of aliphatic hydroxyl groups excluding tert-OH is 1. The number of ether oxygens (including phenoxy) is 1. The molecule has 7 nitrogen and oxygen atoms in total. The molecule has 4 rings (SSSR count). The molecule has 0 unspecified atom stereocenters. The molecule has 10 heteroatoms. The quantitative estimate of drug-likeness (QED) is 0.205. The smallest absolute Gasteiger partial charge is 0.327 e. The molecule has 0 aliphatic rings. The Morgan fingerprint density at radius 3 is 2.65 bits per heavy atom. The zero-order chi connectivity index (χ0) is 26.8. The summed E-state index contributed by atoms with van der Waals surface area (Å²) in [4.78, 5) is 9.01. The number of aliphatic hydroxyl groups is 1. The van der Waals surface area contributed by atoms with E-state index in [9.17, 15) is 17.2 Å². The fraction of sp³-hybridized carbons (Fsp3) is 0.370. The molecule has 0 spiro atoms. The first-order valence-corrected chi connectivity index (χ1v) is 13.9. The Kier molecular flexibility index (Phi) is 7.82. The van der Waals surface area contributed by atoms with Gasteiger partial charge < -0.3 is 14.8 Å². The highest BCUT2D eigenvalue weighted by Crippen LogP contribution is 2.39. The molecule has 198 valence electrons. The molecule has 0 bridgehead atoms. The number of fused-ring (bicyclic) bond motifs is 3. The number of aromatic amines is 1. The summed E-state index contributed by atoms with van der Waals surface area (Å²) in [6.07, 6.45) is 2.09. The molecular formula is C27H31F2N3O4S. The van der Waals surface area contributed by atoms with E-state index in [0.717, 1.165) is 32.4 Å². The SMILES string of the molecule is CCN(CCCOc1ccc(-c2cccc(S(=O)(=O)CC)c2)c2c1[nH]c1ncc(C)cc12)C(F)(F)CO. The van der Waals surface area contributed by atoms with Gasteiger partial charge in [0.1, 0.15) is 18.0 Å². The van der Waals surface area contributed by atoms with E-state index in [1.54, 1.807) is 44.3 Å². The van der Waals surface area contributed by atoms with Crippen molar-refractivity contribution in [2.75, 3.05) is 32.1 Å². The summed E-state index contributed by atoms with van der Waals surface area (Å²) in [6.45, 7) is 4.31. The molecule has 0 aliphatic heterocycles. The van der Waals surface area contributed by atoms with Gasteiger partial charge in [-0.15, -0.1) is 0 Å². The van der Waals surface area contributed by atoms with Crippen LogP contribution in [0.15, 0.2) is 53.6 Å². The zero-order valence-electron chi connectivity index (χ0n) is 21.1. The molecule has 0 saturated carbocycles. The van der Waals surface area contributed by atoms with E-state index in [0.29, 0.717) is 23.3 Å². The van der Waals surface area contributed by atoms with E-state index in [1.807, 2.05) is 25.1 Å². The Balaban J connectivity index is 1.72. The second kappa shape index (κ2) is 10.7. The molecule has 2 aromatic carbocycles. The van der Waals surface area contributed by atoms with Crippen LogP contribution in [0.25, 0.3) is 33.1 Å². The monoisotopic (exact) mass is 531 g/mol. The first-order chi connectivity index (χ1) is 17.6. The largest absolute Gasteiger partial charge is 0.491 e. The number of likely N-dealkylation sites (N-methyl/N-ethyl adjacent to an activating group) is 1.